The fourth-order valence-corrected chi connectivity index (χ4v) is 3.81. The van der Waals surface area contributed by atoms with Crippen LogP contribution in [-0.4, -0.2) is 35.2 Å². The third-order valence-corrected chi connectivity index (χ3v) is 5.32. The van der Waals surface area contributed by atoms with Crippen LogP contribution >= 0.6 is 0 Å². The van der Waals surface area contributed by atoms with Gasteiger partial charge in [0.15, 0.2) is 0 Å². The summed E-state index contributed by atoms with van der Waals surface area (Å²) in [6, 6.07) is 29.3. The van der Waals surface area contributed by atoms with E-state index in [1.807, 2.05) is 103 Å². The molecule has 4 nitrogen and oxygen atoms in total. The molecular formula is C26H24N2O2. The third kappa shape index (κ3) is 4.03. The van der Waals surface area contributed by atoms with E-state index in [0.29, 0.717) is 30.8 Å². The summed E-state index contributed by atoms with van der Waals surface area (Å²) >= 11 is 0. The van der Waals surface area contributed by atoms with Gasteiger partial charge in [0.25, 0.3) is 11.8 Å². The fraction of sp³-hybridized carbons (Fsp3) is 0.154. The number of likely N-dealkylation sites (N-methyl/N-ethyl adjacent to an activating group) is 1. The fourth-order valence-electron chi connectivity index (χ4n) is 3.81. The molecule has 0 atom stereocenters. The van der Waals surface area contributed by atoms with Crippen molar-refractivity contribution in [2.75, 3.05) is 13.6 Å². The molecule has 0 fully saturated rings. The van der Waals surface area contributed by atoms with Crippen LogP contribution in [0.2, 0.25) is 0 Å². The van der Waals surface area contributed by atoms with Gasteiger partial charge in [-0.25, -0.2) is 0 Å². The minimum Gasteiger partial charge on any atom is -0.365 e. The zero-order valence-corrected chi connectivity index (χ0v) is 17.0. The van der Waals surface area contributed by atoms with Gasteiger partial charge in [0.2, 0.25) is 0 Å². The smallest absolute Gasteiger partial charge is 0.277 e. The highest BCUT2D eigenvalue weighted by Gasteiger charge is 2.40. The number of rotatable bonds is 7. The second-order valence-corrected chi connectivity index (χ2v) is 7.43. The first-order valence-corrected chi connectivity index (χ1v) is 10.1. The highest BCUT2D eigenvalue weighted by atomic mass is 16.2. The molecule has 3 aromatic rings. The summed E-state index contributed by atoms with van der Waals surface area (Å²) in [6.07, 6.45) is 0.635. The molecule has 0 saturated carbocycles. The molecule has 30 heavy (non-hydrogen) atoms. The maximum Gasteiger partial charge on any atom is 0.277 e. The predicted molar refractivity (Wildman–Crippen MR) is 118 cm³/mol. The van der Waals surface area contributed by atoms with Crippen molar-refractivity contribution in [3.8, 4) is 0 Å². The zero-order chi connectivity index (χ0) is 20.9. The standard InChI is InChI=1S/C26H24N2O2/c1-27(19-21-13-7-3-8-14-21)24-23(22-15-9-4-10-16-22)25(29)28(26(24)30)18-17-20-11-5-2-6-12-20/h2-16H,17-19H2,1H3. The summed E-state index contributed by atoms with van der Waals surface area (Å²) in [4.78, 5) is 30.0. The lowest BCUT2D eigenvalue weighted by Gasteiger charge is -2.21. The molecule has 1 aliphatic rings. The lowest BCUT2D eigenvalue weighted by Crippen LogP contribution is -2.35. The molecule has 0 bridgehead atoms. The van der Waals surface area contributed by atoms with Crippen LogP contribution in [0.25, 0.3) is 5.57 Å². The summed E-state index contributed by atoms with van der Waals surface area (Å²) in [5, 5.41) is 0. The molecule has 2 amide bonds. The molecule has 1 heterocycles. The van der Waals surface area contributed by atoms with Crippen molar-refractivity contribution in [1.29, 1.82) is 0 Å². The highest BCUT2D eigenvalue weighted by Crippen LogP contribution is 2.31. The number of benzene rings is 3. The molecule has 150 valence electrons. The summed E-state index contributed by atoms with van der Waals surface area (Å²) in [7, 11) is 1.87. The highest BCUT2D eigenvalue weighted by molar-refractivity contribution is 6.35. The second-order valence-electron chi connectivity index (χ2n) is 7.43. The van der Waals surface area contributed by atoms with Gasteiger partial charge in [0, 0.05) is 20.1 Å². The Morgan fingerprint density at radius 3 is 1.83 bits per heavy atom. The van der Waals surface area contributed by atoms with E-state index in [2.05, 4.69) is 0 Å². The summed E-state index contributed by atoms with van der Waals surface area (Å²) in [6.45, 7) is 0.915. The Morgan fingerprint density at radius 1 is 0.700 bits per heavy atom. The average Bonchev–Trinajstić information content (AvgIpc) is 3.04. The molecule has 4 heteroatoms. The van der Waals surface area contributed by atoms with E-state index in [0.717, 1.165) is 16.7 Å². The molecule has 0 radical (unpaired) electrons. The lowest BCUT2D eigenvalue weighted by molar-refractivity contribution is -0.137. The molecule has 4 rings (SSSR count). The minimum absolute atomic E-state index is 0.225. The molecule has 0 N–H and O–H groups in total. The average molecular weight is 396 g/mol. The van der Waals surface area contributed by atoms with Crippen molar-refractivity contribution in [3.05, 3.63) is 113 Å². The van der Waals surface area contributed by atoms with E-state index in [9.17, 15) is 9.59 Å². The first-order valence-electron chi connectivity index (χ1n) is 10.1. The van der Waals surface area contributed by atoms with Gasteiger partial charge in [-0.05, 0) is 23.1 Å². The maximum absolute atomic E-state index is 13.4. The zero-order valence-electron chi connectivity index (χ0n) is 17.0. The van der Waals surface area contributed by atoms with Crippen LogP contribution in [0.15, 0.2) is 96.7 Å². The molecule has 0 spiro atoms. The van der Waals surface area contributed by atoms with Crippen LogP contribution in [0.1, 0.15) is 16.7 Å². The lowest BCUT2D eigenvalue weighted by atomic mass is 10.0. The van der Waals surface area contributed by atoms with Gasteiger partial charge in [0.1, 0.15) is 5.70 Å². The summed E-state index contributed by atoms with van der Waals surface area (Å²) in [5.74, 6) is -0.453. The first kappa shape index (κ1) is 19.6. The second kappa shape index (κ2) is 8.78. The summed E-state index contributed by atoms with van der Waals surface area (Å²) in [5.41, 5.74) is 3.90. The van der Waals surface area contributed by atoms with E-state index in [1.54, 1.807) is 0 Å². The van der Waals surface area contributed by atoms with Crippen LogP contribution in [0.3, 0.4) is 0 Å². The van der Waals surface area contributed by atoms with E-state index in [1.165, 1.54) is 4.90 Å². The number of nitrogens with zero attached hydrogens (tertiary/aromatic N) is 2. The van der Waals surface area contributed by atoms with Crippen molar-refractivity contribution in [1.82, 2.24) is 9.80 Å². The third-order valence-electron chi connectivity index (χ3n) is 5.32. The van der Waals surface area contributed by atoms with Crippen molar-refractivity contribution in [2.45, 2.75) is 13.0 Å². The van der Waals surface area contributed by atoms with Gasteiger partial charge in [-0.3, -0.25) is 14.5 Å². The van der Waals surface area contributed by atoms with E-state index >= 15 is 0 Å². The summed E-state index contributed by atoms with van der Waals surface area (Å²) < 4.78 is 0. The first-order chi connectivity index (χ1) is 14.6. The monoisotopic (exact) mass is 396 g/mol. The quantitative estimate of drug-likeness (QED) is 0.564. The number of amides is 2. The molecule has 0 saturated heterocycles. The van der Waals surface area contributed by atoms with Crippen LogP contribution < -0.4 is 0 Å². The molecule has 1 aliphatic heterocycles. The van der Waals surface area contributed by atoms with Crippen molar-refractivity contribution >= 4 is 17.4 Å². The molecule has 3 aromatic carbocycles. The van der Waals surface area contributed by atoms with Gasteiger partial charge in [-0.2, -0.15) is 0 Å². The van der Waals surface area contributed by atoms with Gasteiger partial charge >= 0.3 is 0 Å². The largest absolute Gasteiger partial charge is 0.365 e. The number of imide groups is 1. The number of carbonyl (C=O) groups is 2. The molecule has 0 aromatic heterocycles. The van der Waals surface area contributed by atoms with E-state index in [4.69, 9.17) is 0 Å². The predicted octanol–water partition coefficient (Wildman–Crippen LogP) is 4.14. The van der Waals surface area contributed by atoms with E-state index in [-0.39, 0.29) is 11.8 Å². The van der Waals surface area contributed by atoms with Gasteiger partial charge < -0.3 is 4.90 Å². The minimum atomic E-state index is -0.229. The Labute approximate surface area is 177 Å². The van der Waals surface area contributed by atoms with Crippen LogP contribution in [0.5, 0.6) is 0 Å². The van der Waals surface area contributed by atoms with E-state index < -0.39 is 0 Å². The molecular weight excluding hydrogens is 372 g/mol. The van der Waals surface area contributed by atoms with Crippen LogP contribution in [-0.2, 0) is 22.6 Å². The van der Waals surface area contributed by atoms with Crippen molar-refractivity contribution in [3.63, 3.8) is 0 Å². The molecule has 0 unspecified atom stereocenters. The van der Waals surface area contributed by atoms with Crippen molar-refractivity contribution < 1.29 is 9.59 Å². The number of hydrogen-bond acceptors (Lipinski definition) is 3. The van der Waals surface area contributed by atoms with Gasteiger partial charge in [-0.15, -0.1) is 0 Å². The van der Waals surface area contributed by atoms with Crippen molar-refractivity contribution in [2.24, 2.45) is 0 Å². The normalized spacial score (nSPS) is 13.8. The van der Waals surface area contributed by atoms with Gasteiger partial charge in [0.05, 0.1) is 5.57 Å². The Kier molecular flexibility index (Phi) is 5.75. The molecule has 0 aliphatic carbocycles. The Morgan fingerprint density at radius 2 is 1.23 bits per heavy atom. The number of carbonyl (C=O) groups excluding carboxylic acids is 2. The van der Waals surface area contributed by atoms with Gasteiger partial charge in [-0.1, -0.05) is 91.0 Å². The topological polar surface area (TPSA) is 40.6 Å². The van der Waals surface area contributed by atoms with Crippen LogP contribution in [0.4, 0.5) is 0 Å². The Bertz CT molecular complexity index is 1060. The van der Waals surface area contributed by atoms with Crippen LogP contribution in [0, 0.1) is 0 Å². The number of hydrogen-bond donors (Lipinski definition) is 0. The Balaban J connectivity index is 1.64. The SMILES string of the molecule is CN(Cc1ccccc1)C1=C(c2ccccc2)C(=O)N(CCc2ccccc2)C1=O. The Hall–Kier alpha value is -3.66. The maximum atomic E-state index is 13.4.